The predicted molar refractivity (Wildman–Crippen MR) is 65.4 cm³/mol. The lowest BCUT2D eigenvalue weighted by molar-refractivity contribution is -0.131. The van der Waals surface area contributed by atoms with Crippen molar-refractivity contribution in [1.29, 1.82) is 0 Å². The van der Waals surface area contributed by atoms with Crippen molar-refractivity contribution in [3.8, 4) is 11.5 Å². The third-order valence-electron chi connectivity index (χ3n) is 2.07. The van der Waals surface area contributed by atoms with Crippen molar-refractivity contribution in [3.63, 3.8) is 0 Å². The van der Waals surface area contributed by atoms with E-state index >= 15 is 0 Å². The third kappa shape index (κ3) is 4.18. The van der Waals surface area contributed by atoms with Crippen LogP contribution in [0.25, 0.3) is 6.08 Å². The van der Waals surface area contributed by atoms with Gasteiger partial charge < -0.3 is 14.6 Å². The number of carboxylic acid groups (broad SMARTS) is 1. The Balaban J connectivity index is 2.91. The molecule has 0 aliphatic rings. The lowest BCUT2D eigenvalue weighted by Crippen LogP contribution is -1.98. The Bertz CT molecular complexity index is 410. The van der Waals surface area contributed by atoms with Crippen LogP contribution < -0.4 is 9.47 Å². The molecular formula is C13H16O4. The lowest BCUT2D eigenvalue weighted by atomic mass is 10.2. The quantitative estimate of drug-likeness (QED) is 0.771. The van der Waals surface area contributed by atoms with Crippen molar-refractivity contribution in [2.75, 3.05) is 13.7 Å². The first kappa shape index (κ1) is 13.1. The maximum absolute atomic E-state index is 10.4. The van der Waals surface area contributed by atoms with Gasteiger partial charge in [0.15, 0.2) is 11.5 Å². The van der Waals surface area contributed by atoms with Crippen molar-refractivity contribution in [2.45, 2.75) is 13.3 Å². The first-order chi connectivity index (χ1) is 8.17. The molecule has 0 bridgehead atoms. The molecule has 0 aromatic heterocycles. The molecule has 0 radical (unpaired) electrons. The normalized spacial score (nSPS) is 10.5. The van der Waals surface area contributed by atoms with Crippen LogP contribution in [0.4, 0.5) is 0 Å². The molecule has 0 fully saturated rings. The van der Waals surface area contributed by atoms with Gasteiger partial charge in [-0.1, -0.05) is 13.0 Å². The molecule has 0 unspecified atom stereocenters. The Morgan fingerprint density at radius 2 is 2.18 bits per heavy atom. The van der Waals surface area contributed by atoms with Gasteiger partial charge in [-0.3, -0.25) is 0 Å². The average Bonchev–Trinajstić information content (AvgIpc) is 2.33. The average molecular weight is 236 g/mol. The van der Waals surface area contributed by atoms with Crippen LogP contribution in [0.3, 0.4) is 0 Å². The van der Waals surface area contributed by atoms with E-state index in [1.807, 2.05) is 6.92 Å². The SMILES string of the molecule is CCCOc1cc(/C=C/C(=O)O)ccc1OC. The summed E-state index contributed by atoms with van der Waals surface area (Å²) in [6, 6.07) is 5.29. The summed E-state index contributed by atoms with van der Waals surface area (Å²) in [7, 11) is 1.57. The molecule has 0 aliphatic heterocycles. The van der Waals surface area contributed by atoms with E-state index in [0.29, 0.717) is 18.1 Å². The number of hydrogen-bond donors (Lipinski definition) is 1. The van der Waals surface area contributed by atoms with Crippen molar-refractivity contribution in [2.24, 2.45) is 0 Å². The second kappa shape index (κ2) is 6.58. The smallest absolute Gasteiger partial charge is 0.328 e. The Labute approximate surface area is 100 Å². The zero-order valence-corrected chi connectivity index (χ0v) is 9.97. The van der Waals surface area contributed by atoms with Crippen LogP contribution in [-0.2, 0) is 4.79 Å². The Hall–Kier alpha value is -1.97. The van der Waals surface area contributed by atoms with E-state index in [2.05, 4.69) is 0 Å². The van der Waals surface area contributed by atoms with Gasteiger partial charge in [0.05, 0.1) is 13.7 Å². The van der Waals surface area contributed by atoms with E-state index in [0.717, 1.165) is 18.1 Å². The van der Waals surface area contributed by atoms with Gasteiger partial charge in [-0.05, 0) is 30.2 Å². The van der Waals surface area contributed by atoms with Gasteiger partial charge in [-0.15, -0.1) is 0 Å². The molecular weight excluding hydrogens is 220 g/mol. The summed E-state index contributed by atoms with van der Waals surface area (Å²) in [6.07, 6.45) is 3.50. The maximum Gasteiger partial charge on any atom is 0.328 e. The first-order valence-corrected chi connectivity index (χ1v) is 5.39. The molecule has 0 heterocycles. The molecule has 1 aromatic rings. The van der Waals surface area contributed by atoms with Gasteiger partial charge >= 0.3 is 5.97 Å². The molecule has 0 atom stereocenters. The van der Waals surface area contributed by atoms with E-state index in [1.165, 1.54) is 6.08 Å². The minimum atomic E-state index is -0.975. The Morgan fingerprint density at radius 1 is 1.41 bits per heavy atom. The number of hydrogen-bond acceptors (Lipinski definition) is 3. The van der Waals surface area contributed by atoms with E-state index in [4.69, 9.17) is 14.6 Å². The molecule has 1 rings (SSSR count). The molecule has 0 amide bonds. The number of rotatable bonds is 6. The first-order valence-electron chi connectivity index (χ1n) is 5.39. The summed E-state index contributed by atoms with van der Waals surface area (Å²) in [4.78, 5) is 10.4. The molecule has 1 aromatic carbocycles. The molecule has 17 heavy (non-hydrogen) atoms. The van der Waals surface area contributed by atoms with Crippen LogP contribution in [-0.4, -0.2) is 24.8 Å². The van der Waals surface area contributed by atoms with Crippen LogP contribution >= 0.6 is 0 Å². The molecule has 0 saturated heterocycles. The fraction of sp³-hybridized carbons (Fsp3) is 0.308. The number of methoxy groups -OCH3 is 1. The molecule has 92 valence electrons. The summed E-state index contributed by atoms with van der Waals surface area (Å²) in [6.45, 7) is 2.61. The highest BCUT2D eigenvalue weighted by Gasteiger charge is 2.04. The van der Waals surface area contributed by atoms with Crippen LogP contribution in [0, 0.1) is 0 Å². The minimum Gasteiger partial charge on any atom is -0.493 e. The fourth-order valence-corrected chi connectivity index (χ4v) is 1.29. The Kier molecular flexibility index (Phi) is 5.07. The summed E-state index contributed by atoms with van der Waals surface area (Å²) in [5, 5.41) is 8.54. The molecule has 0 saturated carbocycles. The van der Waals surface area contributed by atoms with Crippen molar-refractivity contribution >= 4 is 12.0 Å². The van der Waals surface area contributed by atoms with Crippen molar-refractivity contribution < 1.29 is 19.4 Å². The van der Waals surface area contributed by atoms with Gasteiger partial charge in [-0.2, -0.15) is 0 Å². The lowest BCUT2D eigenvalue weighted by Gasteiger charge is -2.10. The number of aliphatic carboxylic acids is 1. The monoisotopic (exact) mass is 236 g/mol. The predicted octanol–water partition coefficient (Wildman–Crippen LogP) is 2.58. The van der Waals surface area contributed by atoms with Crippen LogP contribution in [0.15, 0.2) is 24.3 Å². The summed E-state index contributed by atoms with van der Waals surface area (Å²) in [5.74, 6) is 0.296. The number of carbonyl (C=O) groups is 1. The molecule has 0 aliphatic carbocycles. The highest BCUT2D eigenvalue weighted by molar-refractivity contribution is 5.85. The van der Waals surface area contributed by atoms with Crippen LogP contribution in [0.5, 0.6) is 11.5 Å². The van der Waals surface area contributed by atoms with Gasteiger partial charge in [0.2, 0.25) is 0 Å². The van der Waals surface area contributed by atoms with Crippen LogP contribution in [0.2, 0.25) is 0 Å². The molecule has 4 heteroatoms. The summed E-state index contributed by atoms with van der Waals surface area (Å²) in [5.41, 5.74) is 0.763. The number of ether oxygens (including phenoxy) is 2. The van der Waals surface area contributed by atoms with E-state index < -0.39 is 5.97 Å². The number of benzene rings is 1. The standard InChI is InChI=1S/C13H16O4/c1-3-8-17-12-9-10(5-7-13(14)15)4-6-11(12)16-2/h4-7,9H,3,8H2,1-2H3,(H,14,15)/b7-5+. The summed E-state index contributed by atoms with van der Waals surface area (Å²) >= 11 is 0. The van der Waals surface area contributed by atoms with Gasteiger partial charge in [-0.25, -0.2) is 4.79 Å². The maximum atomic E-state index is 10.4. The van der Waals surface area contributed by atoms with Crippen LogP contribution in [0.1, 0.15) is 18.9 Å². The second-order valence-corrected chi connectivity index (χ2v) is 3.43. The fourth-order valence-electron chi connectivity index (χ4n) is 1.29. The highest BCUT2D eigenvalue weighted by Crippen LogP contribution is 2.28. The van der Waals surface area contributed by atoms with Gasteiger partial charge in [0.1, 0.15) is 0 Å². The van der Waals surface area contributed by atoms with E-state index in [-0.39, 0.29) is 0 Å². The number of carboxylic acids is 1. The second-order valence-electron chi connectivity index (χ2n) is 3.43. The van der Waals surface area contributed by atoms with Gasteiger partial charge in [0.25, 0.3) is 0 Å². The van der Waals surface area contributed by atoms with Crippen molar-refractivity contribution in [1.82, 2.24) is 0 Å². The molecule has 0 spiro atoms. The largest absolute Gasteiger partial charge is 0.493 e. The third-order valence-corrected chi connectivity index (χ3v) is 2.07. The van der Waals surface area contributed by atoms with Crippen molar-refractivity contribution in [3.05, 3.63) is 29.8 Å². The van der Waals surface area contributed by atoms with E-state index in [9.17, 15) is 4.79 Å². The van der Waals surface area contributed by atoms with Gasteiger partial charge in [0, 0.05) is 6.08 Å². The minimum absolute atomic E-state index is 0.600. The molecule has 4 nitrogen and oxygen atoms in total. The Morgan fingerprint density at radius 3 is 2.76 bits per heavy atom. The summed E-state index contributed by atoms with van der Waals surface area (Å²) < 4.78 is 10.7. The zero-order valence-electron chi connectivity index (χ0n) is 9.97. The topological polar surface area (TPSA) is 55.8 Å². The highest BCUT2D eigenvalue weighted by atomic mass is 16.5. The van der Waals surface area contributed by atoms with E-state index in [1.54, 1.807) is 25.3 Å². The zero-order chi connectivity index (χ0) is 12.7. The molecule has 1 N–H and O–H groups in total.